The lowest BCUT2D eigenvalue weighted by Gasteiger charge is -2.26. The third-order valence-electron chi connectivity index (χ3n) is 3.62. The second-order valence-electron chi connectivity index (χ2n) is 5.14. The number of para-hydroxylation sites is 1. The van der Waals surface area contributed by atoms with Gasteiger partial charge < -0.3 is 4.74 Å². The lowest BCUT2D eigenvalue weighted by molar-refractivity contribution is 0.222. The van der Waals surface area contributed by atoms with E-state index in [-0.39, 0.29) is 0 Å². The van der Waals surface area contributed by atoms with Gasteiger partial charge in [-0.3, -0.25) is 4.90 Å². The van der Waals surface area contributed by atoms with Crippen LogP contribution in [0.4, 0.5) is 0 Å². The van der Waals surface area contributed by atoms with E-state index >= 15 is 0 Å². The Kier molecular flexibility index (Phi) is 4.25. The van der Waals surface area contributed by atoms with Gasteiger partial charge in [0.2, 0.25) is 5.82 Å². The minimum atomic E-state index is 0.685. The first kappa shape index (κ1) is 13.8. The summed E-state index contributed by atoms with van der Waals surface area (Å²) in [5.74, 6) is 1.66. The van der Waals surface area contributed by atoms with Gasteiger partial charge in [-0.1, -0.05) is 24.3 Å². The minimum absolute atomic E-state index is 0.685. The molecule has 0 unspecified atom stereocenters. The van der Waals surface area contributed by atoms with Crippen LogP contribution in [0.1, 0.15) is 17.8 Å². The zero-order valence-electron chi connectivity index (χ0n) is 12.1. The summed E-state index contributed by atoms with van der Waals surface area (Å²) >= 11 is 0. The molecule has 2 aromatic rings. The molecule has 1 aliphatic heterocycles. The Morgan fingerprint density at radius 3 is 3.05 bits per heavy atom. The van der Waals surface area contributed by atoms with Crippen molar-refractivity contribution in [2.24, 2.45) is 0 Å². The van der Waals surface area contributed by atoms with Gasteiger partial charge >= 0.3 is 0 Å². The predicted octanol–water partition coefficient (Wildman–Crippen LogP) is 1.68. The number of aromatic amines is 1. The van der Waals surface area contributed by atoms with E-state index in [1.54, 1.807) is 0 Å². The van der Waals surface area contributed by atoms with Crippen LogP contribution in [-0.2, 0) is 0 Å². The van der Waals surface area contributed by atoms with Crippen molar-refractivity contribution < 1.29 is 4.74 Å². The van der Waals surface area contributed by atoms with Crippen molar-refractivity contribution in [3.8, 4) is 5.75 Å². The summed E-state index contributed by atoms with van der Waals surface area (Å²) in [6.45, 7) is 5.52. The second kappa shape index (κ2) is 6.49. The summed E-state index contributed by atoms with van der Waals surface area (Å²) in [7, 11) is 0. The van der Waals surface area contributed by atoms with E-state index in [4.69, 9.17) is 4.74 Å². The average molecular weight is 285 g/mol. The molecule has 1 aromatic carbocycles. The van der Waals surface area contributed by atoms with Gasteiger partial charge in [0.25, 0.3) is 0 Å². The number of aromatic nitrogens is 4. The standard InChI is InChI=1S/C15H19N5O/c1-12-5-2-3-7-14(12)21-10-9-20-8-4-6-13(11-20)15-16-18-19-17-15/h2-3,5-7H,4,8-11H2,1H3,(H,16,17,18,19). The molecule has 0 aliphatic carbocycles. The molecule has 6 nitrogen and oxygen atoms in total. The van der Waals surface area contributed by atoms with Crippen molar-refractivity contribution in [3.05, 3.63) is 41.7 Å². The highest BCUT2D eigenvalue weighted by Gasteiger charge is 2.16. The summed E-state index contributed by atoms with van der Waals surface area (Å²) in [5.41, 5.74) is 2.30. The van der Waals surface area contributed by atoms with Crippen molar-refractivity contribution in [1.29, 1.82) is 0 Å². The Bertz CT molecular complexity index is 608. The van der Waals surface area contributed by atoms with Crippen LogP contribution in [0.5, 0.6) is 5.75 Å². The van der Waals surface area contributed by atoms with Crippen molar-refractivity contribution >= 4 is 5.57 Å². The minimum Gasteiger partial charge on any atom is -0.492 e. The van der Waals surface area contributed by atoms with E-state index in [1.807, 2.05) is 18.2 Å². The number of benzene rings is 1. The van der Waals surface area contributed by atoms with Crippen LogP contribution in [0.15, 0.2) is 30.3 Å². The van der Waals surface area contributed by atoms with Crippen LogP contribution in [0.25, 0.3) is 5.57 Å². The summed E-state index contributed by atoms with van der Waals surface area (Å²) < 4.78 is 5.85. The molecular weight excluding hydrogens is 266 g/mol. The van der Waals surface area contributed by atoms with Gasteiger partial charge in [-0.15, -0.1) is 10.2 Å². The molecule has 3 rings (SSSR count). The highest BCUT2D eigenvalue weighted by Crippen LogP contribution is 2.18. The van der Waals surface area contributed by atoms with Crippen molar-refractivity contribution in [2.75, 3.05) is 26.2 Å². The van der Waals surface area contributed by atoms with Crippen molar-refractivity contribution in [3.63, 3.8) is 0 Å². The maximum atomic E-state index is 5.85. The van der Waals surface area contributed by atoms with Crippen molar-refractivity contribution in [2.45, 2.75) is 13.3 Å². The van der Waals surface area contributed by atoms with Crippen LogP contribution in [-0.4, -0.2) is 51.8 Å². The van der Waals surface area contributed by atoms with Gasteiger partial charge in [0.05, 0.1) is 0 Å². The van der Waals surface area contributed by atoms with Gasteiger partial charge in [0, 0.05) is 25.2 Å². The Balaban J connectivity index is 1.51. The molecule has 0 atom stereocenters. The SMILES string of the molecule is Cc1ccccc1OCCN1CCC=C(c2nn[nH]n2)C1. The summed E-state index contributed by atoms with van der Waals surface area (Å²) in [4.78, 5) is 2.35. The maximum absolute atomic E-state index is 5.85. The normalized spacial score (nSPS) is 15.8. The average Bonchev–Trinajstić information content (AvgIpc) is 3.04. The number of H-pyrrole nitrogens is 1. The smallest absolute Gasteiger partial charge is 0.201 e. The lowest BCUT2D eigenvalue weighted by atomic mass is 10.1. The molecule has 0 fully saturated rings. The quantitative estimate of drug-likeness (QED) is 0.905. The van der Waals surface area contributed by atoms with Gasteiger partial charge in [0.1, 0.15) is 12.4 Å². The van der Waals surface area contributed by atoms with E-state index in [2.05, 4.69) is 44.6 Å². The number of rotatable bonds is 5. The fraction of sp³-hybridized carbons (Fsp3) is 0.400. The Morgan fingerprint density at radius 1 is 1.33 bits per heavy atom. The third-order valence-corrected chi connectivity index (χ3v) is 3.62. The molecule has 2 heterocycles. The Labute approximate surface area is 123 Å². The van der Waals surface area contributed by atoms with Crippen LogP contribution in [0.3, 0.4) is 0 Å². The summed E-state index contributed by atoms with van der Waals surface area (Å²) in [6, 6.07) is 8.10. The monoisotopic (exact) mass is 285 g/mol. The second-order valence-corrected chi connectivity index (χ2v) is 5.14. The maximum Gasteiger partial charge on any atom is 0.201 e. The summed E-state index contributed by atoms with van der Waals surface area (Å²) in [5, 5.41) is 14.2. The number of hydrogen-bond acceptors (Lipinski definition) is 5. The van der Waals surface area contributed by atoms with Crippen LogP contribution >= 0.6 is 0 Å². The molecule has 0 amide bonds. The number of nitrogens with one attached hydrogen (secondary N) is 1. The van der Waals surface area contributed by atoms with E-state index in [0.29, 0.717) is 12.4 Å². The van der Waals surface area contributed by atoms with E-state index in [0.717, 1.165) is 37.4 Å². The van der Waals surface area contributed by atoms with E-state index in [9.17, 15) is 0 Å². The highest BCUT2D eigenvalue weighted by atomic mass is 16.5. The zero-order valence-corrected chi connectivity index (χ0v) is 12.1. The molecular formula is C15H19N5O. The fourth-order valence-corrected chi connectivity index (χ4v) is 2.46. The van der Waals surface area contributed by atoms with Gasteiger partial charge in [0.15, 0.2) is 0 Å². The molecule has 1 aromatic heterocycles. The first-order valence-corrected chi connectivity index (χ1v) is 7.16. The molecule has 0 saturated carbocycles. The molecule has 0 bridgehead atoms. The molecule has 0 radical (unpaired) electrons. The van der Waals surface area contributed by atoms with Gasteiger partial charge in [-0.05, 0) is 30.2 Å². The summed E-state index contributed by atoms with van der Waals surface area (Å²) in [6.07, 6.45) is 3.19. The highest BCUT2D eigenvalue weighted by molar-refractivity contribution is 5.61. The number of hydrogen-bond donors (Lipinski definition) is 1. The first-order chi connectivity index (χ1) is 10.3. The first-order valence-electron chi connectivity index (χ1n) is 7.16. The number of tetrazole rings is 1. The van der Waals surface area contributed by atoms with Gasteiger partial charge in [-0.2, -0.15) is 5.21 Å². The van der Waals surface area contributed by atoms with Crippen LogP contribution < -0.4 is 4.74 Å². The molecule has 0 saturated heterocycles. The molecule has 1 aliphatic rings. The molecule has 0 spiro atoms. The van der Waals surface area contributed by atoms with E-state index in [1.165, 1.54) is 5.56 Å². The number of aryl methyl sites for hydroxylation is 1. The van der Waals surface area contributed by atoms with Crippen molar-refractivity contribution in [1.82, 2.24) is 25.5 Å². The Hall–Kier alpha value is -2.21. The lowest BCUT2D eigenvalue weighted by Crippen LogP contribution is -2.33. The number of ether oxygens (including phenoxy) is 1. The fourth-order valence-electron chi connectivity index (χ4n) is 2.46. The largest absolute Gasteiger partial charge is 0.492 e. The van der Waals surface area contributed by atoms with Crippen LogP contribution in [0, 0.1) is 6.92 Å². The van der Waals surface area contributed by atoms with E-state index < -0.39 is 0 Å². The molecule has 1 N–H and O–H groups in total. The topological polar surface area (TPSA) is 66.9 Å². The molecule has 21 heavy (non-hydrogen) atoms. The van der Waals surface area contributed by atoms with Crippen LogP contribution in [0.2, 0.25) is 0 Å². The number of nitrogens with zero attached hydrogens (tertiary/aromatic N) is 4. The van der Waals surface area contributed by atoms with Gasteiger partial charge in [-0.25, -0.2) is 0 Å². The molecule has 110 valence electrons. The zero-order chi connectivity index (χ0) is 14.5. The third kappa shape index (κ3) is 3.46. The predicted molar refractivity (Wildman–Crippen MR) is 79.9 cm³/mol. The molecule has 6 heteroatoms. The Morgan fingerprint density at radius 2 is 2.24 bits per heavy atom.